The number of nitrogens with zero attached hydrogens (tertiary/aromatic N) is 1. The van der Waals surface area contributed by atoms with Crippen molar-refractivity contribution in [1.29, 1.82) is 0 Å². The van der Waals surface area contributed by atoms with Crippen molar-refractivity contribution in [1.82, 2.24) is 0 Å². The molecule has 0 bridgehead atoms. The topological polar surface area (TPSA) is 3.24 Å². The highest BCUT2D eigenvalue weighted by Gasteiger charge is 2.37. The number of rotatable bonds is 29. The Balaban J connectivity index is 1.72. The summed E-state index contributed by atoms with van der Waals surface area (Å²) in [6.45, 7) is 29.8. The summed E-state index contributed by atoms with van der Waals surface area (Å²) in [6, 6.07) is 57.9. The van der Waals surface area contributed by atoms with Gasteiger partial charge in [0, 0.05) is 11.4 Å². The summed E-state index contributed by atoms with van der Waals surface area (Å²) in [7, 11) is -7.06. The van der Waals surface area contributed by atoms with Crippen LogP contribution in [0.25, 0.3) is 11.1 Å². The molecule has 0 radical (unpaired) electrons. The van der Waals surface area contributed by atoms with Crippen LogP contribution in [0.4, 0.5) is 11.4 Å². The zero-order chi connectivity index (χ0) is 48.5. The van der Waals surface area contributed by atoms with Gasteiger partial charge in [-0.3, -0.25) is 0 Å². The van der Waals surface area contributed by atoms with Crippen molar-refractivity contribution in [3.8, 4) is 11.1 Å². The molecule has 0 aliphatic rings. The highest BCUT2D eigenvalue weighted by molar-refractivity contribution is 8.28. The van der Waals surface area contributed by atoms with Gasteiger partial charge in [-0.2, -0.15) is 0 Å². The summed E-state index contributed by atoms with van der Waals surface area (Å²) in [5.74, 6) is 0. The van der Waals surface area contributed by atoms with Crippen LogP contribution in [-0.2, 0) is 0 Å². The third kappa shape index (κ3) is 14.6. The molecule has 5 aromatic rings. The number of para-hydroxylation sites is 1. The van der Waals surface area contributed by atoms with E-state index in [1.54, 1.807) is 31.4 Å². The third-order valence-corrected chi connectivity index (χ3v) is 35.6. The van der Waals surface area contributed by atoms with Crippen LogP contribution in [0.1, 0.15) is 119 Å². The lowest BCUT2D eigenvalue weighted by Crippen LogP contribution is -2.48. The largest absolute Gasteiger partial charge is 0.312 e. The van der Waals surface area contributed by atoms with Crippen LogP contribution in [0.3, 0.4) is 0 Å². The van der Waals surface area contributed by atoms with Gasteiger partial charge in [0.25, 0.3) is 0 Å². The highest BCUT2D eigenvalue weighted by atomic mass is 32.1. The van der Waals surface area contributed by atoms with E-state index in [0.717, 1.165) is 0 Å². The lowest BCUT2D eigenvalue weighted by atomic mass is 10.1. The maximum absolute atomic E-state index is 2.83. The Morgan fingerprint density at radius 1 is 0.418 bits per heavy atom. The molecule has 7 heteroatoms. The smallest absolute Gasteiger partial charge is 0.0867 e. The van der Waals surface area contributed by atoms with Crippen LogP contribution in [0.5, 0.6) is 0 Å². The van der Waals surface area contributed by atoms with E-state index in [1.807, 2.05) is 0 Å². The van der Waals surface area contributed by atoms with E-state index in [-0.39, 0.29) is 0 Å². The number of hydrogen-bond acceptors (Lipinski definition) is 1. The van der Waals surface area contributed by atoms with E-state index in [4.69, 9.17) is 0 Å². The monoisotopic (exact) mass is 1000 g/mol. The Bertz CT molecular complexity index is 2150. The summed E-state index contributed by atoms with van der Waals surface area (Å²) in [5.41, 5.74) is 5.57. The fourth-order valence-electron chi connectivity index (χ4n) is 10.9. The van der Waals surface area contributed by atoms with Crippen molar-refractivity contribution in [2.45, 2.75) is 194 Å². The molecule has 0 saturated carbocycles. The average Bonchev–Trinajstić information content (AvgIpc) is 3.33. The van der Waals surface area contributed by atoms with Gasteiger partial charge in [-0.25, -0.2) is 0 Å². The zero-order valence-electron chi connectivity index (χ0n) is 44.7. The summed E-state index contributed by atoms with van der Waals surface area (Å²) in [6.07, 6.45) is 16.0. The van der Waals surface area contributed by atoms with Crippen molar-refractivity contribution in [3.05, 3.63) is 121 Å². The molecule has 5 rings (SSSR count). The number of anilines is 2. The Hall–Kier alpha value is -2.37. The molecular weight excluding hydrogens is 909 g/mol. The second-order valence-electron chi connectivity index (χ2n) is 22.1. The maximum Gasteiger partial charge on any atom is 0.0867 e. The second-order valence-corrected chi connectivity index (χ2v) is 45.6. The lowest BCUT2D eigenvalue weighted by molar-refractivity contribution is 0.800. The number of unbranched alkanes of at least 4 members (excludes halogenated alkanes) is 6. The molecule has 0 heterocycles. The highest BCUT2D eigenvalue weighted by Crippen LogP contribution is 2.61. The molecule has 67 heavy (non-hydrogen) atoms. The predicted octanol–water partition coefficient (Wildman–Crippen LogP) is 17.3. The minimum absolute atomic E-state index is 0.630. The Kier molecular flexibility index (Phi) is 22.2. The molecule has 5 aromatic carbocycles. The first-order chi connectivity index (χ1) is 32.2. The molecule has 0 aromatic heterocycles. The zero-order valence-corrected chi connectivity index (χ0v) is 50.6. The standard InChI is InChI=1S/C60H93NP2Si4/c1-13-19-45-66(46-20-14-2,47-21-15-3)54-41-37-51(38-42-54)56-33-30-34-57(60(56)65(10,11)12)62-63(58-35-28-29-36-59(58)64(7,8)9)61(52-31-26-25-27-32-52)53-39-43-55(44-40-53)67(48-22-16-4,49-23-17-5)50-24-18-6/h25-44,62H,13-24,45-50H2,1-12H3. The van der Waals surface area contributed by atoms with E-state index >= 15 is 0 Å². The lowest BCUT2D eigenvalue weighted by Gasteiger charge is -2.38. The first-order valence-corrected chi connectivity index (χ1v) is 42.5. The number of benzene rings is 5. The van der Waals surface area contributed by atoms with E-state index in [0.29, 0.717) is 8.27 Å². The van der Waals surface area contributed by atoms with Crippen molar-refractivity contribution in [2.75, 3.05) is 4.67 Å². The summed E-state index contributed by atoms with van der Waals surface area (Å²) >= 11 is 0. The normalized spacial score (nSPS) is 13.1. The molecule has 0 spiro atoms. The van der Waals surface area contributed by atoms with Crippen molar-refractivity contribution >= 4 is 91.1 Å². The molecule has 0 saturated heterocycles. The van der Waals surface area contributed by atoms with Crippen molar-refractivity contribution in [2.24, 2.45) is 0 Å². The molecular formula is C60H93NP2Si4. The van der Waals surface area contributed by atoms with Gasteiger partial charge in [-0.15, -0.1) is 0 Å². The SMILES string of the molecule is CCCC[Si](CCCC)(CCCC)c1ccc(-c2cccc(PP(c3ccccc3[Si](C)(C)C)N(c3ccccc3)c3ccc([Si](CCCC)(CCCC)CCCC)cc3)c2[Si](C)(C)C)cc1. The van der Waals surface area contributed by atoms with Gasteiger partial charge in [0.15, 0.2) is 0 Å². The predicted molar refractivity (Wildman–Crippen MR) is 323 cm³/mol. The molecule has 0 fully saturated rings. The minimum Gasteiger partial charge on any atom is -0.312 e. The van der Waals surface area contributed by atoms with Crippen LogP contribution in [0, 0.1) is 0 Å². The second kappa shape index (κ2) is 26.7. The Labute approximate surface area is 419 Å². The molecule has 0 N–H and O–H groups in total. The van der Waals surface area contributed by atoms with E-state index in [1.165, 1.54) is 136 Å². The van der Waals surface area contributed by atoms with Gasteiger partial charge < -0.3 is 4.67 Å². The summed E-state index contributed by atoms with van der Waals surface area (Å²) in [5, 5.41) is 9.85. The van der Waals surface area contributed by atoms with Crippen molar-refractivity contribution < 1.29 is 0 Å². The Morgan fingerprint density at radius 2 is 0.836 bits per heavy atom. The van der Waals surface area contributed by atoms with Gasteiger partial charge in [0.2, 0.25) is 0 Å². The van der Waals surface area contributed by atoms with Crippen LogP contribution in [-0.4, -0.2) is 32.3 Å². The first-order valence-electron chi connectivity index (χ1n) is 27.1. The van der Waals surface area contributed by atoms with Gasteiger partial charge in [0.1, 0.15) is 0 Å². The molecule has 2 atom stereocenters. The number of hydrogen-bond donors (Lipinski definition) is 0. The molecule has 2 unspecified atom stereocenters. The van der Waals surface area contributed by atoms with Gasteiger partial charge in [-0.1, -0.05) is 307 Å². The summed E-state index contributed by atoms with van der Waals surface area (Å²) < 4.78 is 2.83. The summed E-state index contributed by atoms with van der Waals surface area (Å²) in [4.78, 5) is 0. The van der Waals surface area contributed by atoms with Gasteiger partial charge >= 0.3 is 0 Å². The third-order valence-electron chi connectivity index (χ3n) is 14.8. The fraction of sp³-hybridized carbons (Fsp3) is 0.500. The van der Waals surface area contributed by atoms with Gasteiger partial charge in [0.05, 0.1) is 40.1 Å². The van der Waals surface area contributed by atoms with Crippen LogP contribution in [0.15, 0.2) is 121 Å². The molecule has 1 nitrogen and oxygen atoms in total. The maximum atomic E-state index is 2.83. The van der Waals surface area contributed by atoms with Crippen LogP contribution < -0.4 is 36.0 Å². The van der Waals surface area contributed by atoms with Crippen molar-refractivity contribution in [3.63, 3.8) is 0 Å². The fourth-order valence-corrected chi connectivity index (χ4v) is 34.3. The van der Waals surface area contributed by atoms with E-state index in [2.05, 4.69) is 207 Å². The molecule has 364 valence electrons. The van der Waals surface area contributed by atoms with Gasteiger partial charge in [-0.05, 0) is 59.5 Å². The minimum atomic E-state index is -1.86. The quantitative estimate of drug-likeness (QED) is 0.0341. The van der Waals surface area contributed by atoms with Crippen LogP contribution in [0.2, 0.25) is 75.5 Å². The molecule has 0 amide bonds. The molecule has 0 aliphatic heterocycles. The van der Waals surface area contributed by atoms with Crippen LogP contribution >= 0.6 is 16.0 Å². The molecule has 0 aliphatic carbocycles. The first kappa shape index (κ1) is 55.6. The van der Waals surface area contributed by atoms with E-state index in [9.17, 15) is 0 Å². The average molecular weight is 1000 g/mol. The van der Waals surface area contributed by atoms with E-state index < -0.39 is 40.1 Å². The Morgan fingerprint density at radius 3 is 1.27 bits per heavy atom.